The summed E-state index contributed by atoms with van der Waals surface area (Å²) >= 11 is 0. The third-order valence-corrected chi connectivity index (χ3v) is 6.61. The molecule has 2 unspecified atom stereocenters. The molecule has 3 aromatic rings. The lowest BCUT2D eigenvalue weighted by atomic mass is 9.98. The Labute approximate surface area is 208 Å². The molecule has 0 aromatic heterocycles. The van der Waals surface area contributed by atoms with Gasteiger partial charge in [0.25, 0.3) is 16.0 Å². The second-order valence-corrected chi connectivity index (χ2v) is 9.99. The van der Waals surface area contributed by atoms with E-state index in [1.54, 1.807) is 19.1 Å². The van der Waals surface area contributed by atoms with E-state index in [2.05, 4.69) is 15.5 Å². The van der Waals surface area contributed by atoms with E-state index in [-0.39, 0.29) is 28.4 Å². The van der Waals surface area contributed by atoms with E-state index >= 15 is 0 Å². The molecule has 0 bridgehead atoms. The molecule has 0 spiro atoms. The van der Waals surface area contributed by atoms with Crippen molar-refractivity contribution >= 4 is 44.1 Å². The van der Waals surface area contributed by atoms with Crippen LogP contribution >= 0.6 is 0 Å². The van der Waals surface area contributed by atoms with Gasteiger partial charge in [-0.25, -0.2) is 0 Å². The number of aliphatic carboxylic acids is 1. The fraction of sp³-hybridized carbons (Fsp3) is 0.280. The molecule has 0 saturated carbocycles. The van der Waals surface area contributed by atoms with Gasteiger partial charge < -0.3 is 15.5 Å². The molecule has 11 heteroatoms. The molecule has 0 saturated heterocycles. The molecule has 2 atom stereocenters. The molecule has 0 aliphatic heterocycles. The zero-order chi connectivity index (χ0) is 26.6. The smallest absolute Gasteiger partial charge is 0.306 e. The molecule has 10 nitrogen and oxygen atoms in total. The van der Waals surface area contributed by atoms with Crippen molar-refractivity contribution in [2.75, 3.05) is 0 Å². The number of rotatable bonds is 9. The van der Waals surface area contributed by atoms with Gasteiger partial charge in [0.2, 0.25) is 0 Å². The molecule has 0 heterocycles. The minimum absolute atomic E-state index is 0.0152. The van der Waals surface area contributed by atoms with Crippen LogP contribution in [0, 0.1) is 12.8 Å². The highest BCUT2D eigenvalue weighted by molar-refractivity contribution is 7.85. The van der Waals surface area contributed by atoms with Crippen LogP contribution in [0.15, 0.2) is 63.7 Å². The number of nitrogens with one attached hydrogen (secondary N) is 1. The van der Waals surface area contributed by atoms with E-state index in [0.29, 0.717) is 12.1 Å². The maximum absolute atomic E-state index is 13.2. The van der Waals surface area contributed by atoms with Gasteiger partial charge in [0.1, 0.15) is 5.69 Å². The minimum atomic E-state index is -4.67. The molecule has 3 aromatic carbocycles. The number of aryl methyl sites for hydroxylation is 1. The topological polar surface area (TPSA) is 166 Å². The van der Waals surface area contributed by atoms with Gasteiger partial charge in [0.05, 0.1) is 22.1 Å². The minimum Gasteiger partial charge on any atom is -0.505 e. The summed E-state index contributed by atoms with van der Waals surface area (Å²) in [6.45, 7) is 5.21. The molecule has 1 amide bonds. The quantitative estimate of drug-likeness (QED) is 0.227. The predicted octanol–water partition coefficient (Wildman–Crippen LogP) is 5.14. The maximum atomic E-state index is 13.2. The van der Waals surface area contributed by atoms with Crippen LogP contribution in [0.5, 0.6) is 5.75 Å². The SMILES string of the molecule is CCC(CC(C)C(=O)O)NC(=O)c1cc(S(=O)(=O)O)cc2ccc(/N=N/c3ccc(C)cc3)c(O)c12. The predicted molar refractivity (Wildman–Crippen MR) is 134 cm³/mol. The first kappa shape index (κ1) is 26.8. The van der Waals surface area contributed by atoms with Gasteiger partial charge in [-0.05, 0) is 55.5 Å². The van der Waals surface area contributed by atoms with Crippen LogP contribution < -0.4 is 5.32 Å². The molecule has 190 valence electrons. The zero-order valence-electron chi connectivity index (χ0n) is 20.0. The van der Waals surface area contributed by atoms with E-state index in [1.807, 2.05) is 19.1 Å². The number of carbonyl (C=O) groups is 2. The Kier molecular flexibility index (Phi) is 8.06. The normalized spacial score (nSPS) is 13.6. The Morgan fingerprint density at radius 2 is 1.72 bits per heavy atom. The number of carboxylic acids is 1. The molecule has 0 aliphatic carbocycles. The number of carboxylic acid groups (broad SMARTS) is 1. The molecule has 3 rings (SSSR count). The standard InChI is InChI=1S/C25H27N3O7S/c1-4-17(11-15(3)25(31)32)26-24(30)20-13-19(36(33,34)35)12-16-7-10-21(23(29)22(16)20)28-27-18-8-5-14(2)6-9-18/h5-10,12-13,15,17,29H,4,11H2,1-3H3,(H,26,30)(H,31,32)(H,33,34,35)/b28-27+. The number of aromatic hydroxyl groups is 1. The van der Waals surface area contributed by atoms with Gasteiger partial charge in [-0.3, -0.25) is 14.1 Å². The number of benzene rings is 3. The van der Waals surface area contributed by atoms with Crippen molar-refractivity contribution < 1.29 is 32.8 Å². The van der Waals surface area contributed by atoms with Crippen LogP contribution in [0.4, 0.5) is 11.4 Å². The summed E-state index contributed by atoms with van der Waals surface area (Å²) in [5.74, 6) is -2.87. The number of amides is 1. The summed E-state index contributed by atoms with van der Waals surface area (Å²) in [6.07, 6.45) is 0.566. The molecule has 0 aliphatic rings. The summed E-state index contributed by atoms with van der Waals surface area (Å²) in [5.41, 5.74) is 1.41. The first-order valence-electron chi connectivity index (χ1n) is 11.2. The number of hydrogen-bond donors (Lipinski definition) is 4. The molecule has 36 heavy (non-hydrogen) atoms. The van der Waals surface area contributed by atoms with Crippen LogP contribution in [0.25, 0.3) is 10.8 Å². The highest BCUT2D eigenvalue weighted by atomic mass is 32.2. The molecular formula is C25H27N3O7S. The number of hydrogen-bond acceptors (Lipinski definition) is 7. The molecular weight excluding hydrogens is 486 g/mol. The summed E-state index contributed by atoms with van der Waals surface area (Å²) in [4.78, 5) is 23.9. The number of carbonyl (C=O) groups excluding carboxylic acids is 1. The lowest BCUT2D eigenvalue weighted by Crippen LogP contribution is -2.36. The van der Waals surface area contributed by atoms with Crippen molar-refractivity contribution in [2.45, 2.75) is 44.6 Å². The van der Waals surface area contributed by atoms with Crippen molar-refractivity contribution in [3.63, 3.8) is 0 Å². The molecule has 0 radical (unpaired) electrons. The maximum Gasteiger partial charge on any atom is 0.306 e. The molecule has 0 fully saturated rings. The van der Waals surface area contributed by atoms with Gasteiger partial charge >= 0.3 is 5.97 Å². The van der Waals surface area contributed by atoms with Gasteiger partial charge in [0, 0.05) is 11.4 Å². The van der Waals surface area contributed by atoms with E-state index in [0.717, 1.165) is 17.7 Å². The van der Waals surface area contributed by atoms with Gasteiger partial charge in [-0.2, -0.15) is 13.5 Å². The third-order valence-electron chi connectivity index (χ3n) is 5.78. The van der Waals surface area contributed by atoms with Crippen molar-refractivity contribution in [3.05, 3.63) is 59.7 Å². The fourth-order valence-corrected chi connectivity index (χ4v) is 4.20. The average molecular weight is 514 g/mol. The van der Waals surface area contributed by atoms with Gasteiger partial charge in [0.15, 0.2) is 5.75 Å². The van der Waals surface area contributed by atoms with Crippen molar-refractivity contribution in [1.82, 2.24) is 5.32 Å². The fourth-order valence-electron chi connectivity index (χ4n) is 3.66. The first-order chi connectivity index (χ1) is 16.9. The zero-order valence-corrected chi connectivity index (χ0v) is 20.8. The van der Waals surface area contributed by atoms with Gasteiger partial charge in [-0.15, -0.1) is 5.11 Å². The monoisotopic (exact) mass is 513 g/mol. The Morgan fingerprint density at radius 1 is 1.06 bits per heavy atom. The van der Waals surface area contributed by atoms with Crippen molar-refractivity contribution in [3.8, 4) is 5.75 Å². The number of fused-ring (bicyclic) bond motifs is 1. The lowest BCUT2D eigenvalue weighted by molar-refractivity contribution is -0.141. The lowest BCUT2D eigenvalue weighted by Gasteiger charge is -2.20. The Bertz CT molecular complexity index is 1430. The van der Waals surface area contributed by atoms with Crippen LogP contribution in [0.3, 0.4) is 0 Å². The highest BCUT2D eigenvalue weighted by Crippen LogP contribution is 2.39. The highest BCUT2D eigenvalue weighted by Gasteiger charge is 2.24. The summed E-state index contributed by atoms with van der Waals surface area (Å²) in [5, 5.41) is 31.2. The number of nitrogens with zero attached hydrogens (tertiary/aromatic N) is 2. The van der Waals surface area contributed by atoms with Crippen molar-refractivity contribution in [2.24, 2.45) is 16.1 Å². The first-order valence-corrected chi connectivity index (χ1v) is 12.6. The van der Waals surface area contributed by atoms with E-state index in [1.165, 1.54) is 19.1 Å². The van der Waals surface area contributed by atoms with Crippen LogP contribution in [-0.4, -0.2) is 41.1 Å². The van der Waals surface area contributed by atoms with Gasteiger partial charge in [-0.1, -0.05) is 37.6 Å². The Morgan fingerprint density at radius 3 is 2.31 bits per heavy atom. The second-order valence-electron chi connectivity index (χ2n) is 8.57. The number of phenols is 1. The third kappa shape index (κ3) is 6.23. The van der Waals surface area contributed by atoms with E-state index < -0.39 is 44.6 Å². The van der Waals surface area contributed by atoms with Crippen molar-refractivity contribution in [1.29, 1.82) is 0 Å². The summed E-state index contributed by atoms with van der Waals surface area (Å²) in [6, 6.07) is 11.6. The molecule has 4 N–H and O–H groups in total. The number of phenolic OH excluding ortho intramolecular Hbond substituents is 1. The van der Waals surface area contributed by atoms with Crippen LogP contribution in [0.1, 0.15) is 42.6 Å². The Balaban J connectivity index is 2.09. The summed E-state index contributed by atoms with van der Waals surface area (Å²) in [7, 11) is -4.67. The van der Waals surface area contributed by atoms with E-state index in [9.17, 15) is 32.8 Å². The van der Waals surface area contributed by atoms with E-state index in [4.69, 9.17) is 0 Å². The second kappa shape index (κ2) is 10.8. The summed E-state index contributed by atoms with van der Waals surface area (Å²) < 4.78 is 33.3. The van der Waals surface area contributed by atoms with Crippen LogP contribution in [-0.2, 0) is 14.9 Å². The average Bonchev–Trinajstić information content (AvgIpc) is 2.82. The Hall–Kier alpha value is -3.83. The van der Waals surface area contributed by atoms with Crippen LogP contribution in [0.2, 0.25) is 0 Å². The number of azo groups is 1. The largest absolute Gasteiger partial charge is 0.505 e.